The molecule has 0 bridgehead atoms. The van der Waals surface area contributed by atoms with E-state index in [0.717, 1.165) is 5.56 Å². The van der Waals surface area contributed by atoms with Crippen molar-refractivity contribution in [3.05, 3.63) is 57.6 Å². The van der Waals surface area contributed by atoms with E-state index in [1.165, 1.54) is 26.2 Å². The Balaban J connectivity index is 2.05. The molecule has 0 radical (unpaired) electrons. The minimum absolute atomic E-state index is 0.131. The van der Waals surface area contributed by atoms with Crippen LogP contribution in [0.1, 0.15) is 22.8 Å². The lowest BCUT2D eigenvalue weighted by molar-refractivity contribution is -0.123. The first-order valence-electron chi connectivity index (χ1n) is 7.43. The van der Waals surface area contributed by atoms with Gasteiger partial charge in [0.15, 0.2) is 11.9 Å². The number of rotatable bonds is 5. The summed E-state index contributed by atoms with van der Waals surface area (Å²) in [6, 6.07) is 10.1. The van der Waals surface area contributed by atoms with Gasteiger partial charge in [0.25, 0.3) is 5.91 Å². The first-order valence-corrected chi connectivity index (χ1v) is 8.19. The number of carbonyl (C=O) groups excluding carboxylic acids is 2. The average Bonchev–Trinajstić information content (AvgIpc) is 2.54. The normalized spacial score (nSPS) is 11.6. The predicted molar refractivity (Wildman–Crippen MR) is 97.7 cm³/mol. The van der Waals surface area contributed by atoms with Crippen molar-refractivity contribution < 1.29 is 19.1 Å². The number of methoxy groups -OCH3 is 1. The van der Waals surface area contributed by atoms with E-state index in [0.29, 0.717) is 5.69 Å². The second kappa shape index (κ2) is 8.23. The molecule has 0 saturated heterocycles. The van der Waals surface area contributed by atoms with E-state index in [2.05, 4.69) is 5.32 Å². The Morgan fingerprint density at radius 2 is 1.76 bits per heavy atom. The Bertz CT molecular complexity index is 784. The molecule has 1 amide bonds. The standard InChI is InChI=1S/C18H17Cl2NO4/c1-10-5-4-6-13(7-10)21-17(22)11(2)25-18(23)12-8-14(19)16(24-3)15(20)9-12/h4-9,11H,1-3H3,(H,21,22)/t11-/m1/s1. The molecule has 0 aliphatic heterocycles. The van der Waals surface area contributed by atoms with Crippen LogP contribution in [0.2, 0.25) is 10.0 Å². The summed E-state index contributed by atoms with van der Waals surface area (Å²) in [7, 11) is 1.42. The van der Waals surface area contributed by atoms with Crippen molar-refractivity contribution in [1.29, 1.82) is 0 Å². The highest BCUT2D eigenvalue weighted by Crippen LogP contribution is 2.34. The van der Waals surface area contributed by atoms with Crippen molar-refractivity contribution in [3.63, 3.8) is 0 Å². The first kappa shape index (κ1) is 19.1. The van der Waals surface area contributed by atoms with E-state index in [-0.39, 0.29) is 21.4 Å². The van der Waals surface area contributed by atoms with Crippen LogP contribution in [0.3, 0.4) is 0 Å². The van der Waals surface area contributed by atoms with E-state index in [1.807, 2.05) is 25.1 Å². The molecule has 0 aliphatic carbocycles. The van der Waals surface area contributed by atoms with Crippen LogP contribution in [0.4, 0.5) is 5.69 Å². The molecule has 5 nitrogen and oxygen atoms in total. The van der Waals surface area contributed by atoms with Gasteiger partial charge in [-0.3, -0.25) is 4.79 Å². The zero-order chi connectivity index (χ0) is 18.6. The van der Waals surface area contributed by atoms with E-state index in [4.69, 9.17) is 32.7 Å². The summed E-state index contributed by atoms with van der Waals surface area (Å²) in [4.78, 5) is 24.4. The number of carbonyl (C=O) groups is 2. The van der Waals surface area contributed by atoms with Gasteiger partial charge in [-0.2, -0.15) is 0 Å². The number of hydrogen-bond acceptors (Lipinski definition) is 4. The SMILES string of the molecule is COc1c(Cl)cc(C(=O)O[C@H](C)C(=O)Nc2cccc(C)c2)cc1Cl. The smallest absolute Gasteiger partial charge is 0.339 e. The van der Waals surface area contributed by atoms with Gasteiger partial charge in [-0.25, -0.2) is 4.79 Å². The van der Waals surface area contributed by atoms with Gasteiger partial charge in [0, 0.05) is 5.69 Å². The molecule has 1 N–H and O–H groups in total. The number of esters is 1. The van der Waals surface area contributed by atoms with Gasteiger partial charge >= 0.3 is 5.97 Å². The Labute approximate surface area is 155 Å². The predicted octanol–water partition coefficient (Wildman–Crippen LogP) is 4.49. The molecule has 1 atom stereocenters. The van der Waals surface area contributed by atoms with Crippen LogP contribution < -0.4 is 10.1 Å². The van der Waals surface area contributed by atoms with Crippen LogP contribution in [0.5, 0.6) is 5.75 Å². The lowest BCUT2D eigenvalue weighted by Crippen LogP contribution is -2.30. The number of anilines is 1. The summed E-state index contributed by atoms with van der Waals surface area (Å²) in [5, 5.41) is 3.05. The molecule has 7 heteroatoms. The highest BCUT2D eigenvalue weighted by atomic mass is 35.5. The molecule has 2 aromatic carbocycles. The average molecular weight is 382 g/mol. The summed E-state index contributed by atoms with van der Waals surface area (Å²) in [6.07, 6.45) is -0.993. The van der Waals surface area contributed by atoms with Gasteiger partial charge in [0.2, 0.25) is 0 Å². The second-order valence-corrected chi connectivity index (χ2v) is 6.19. The molecule has 2 aromatic rings. The van der Waals surface area contributed by atoms with E-state index in [1.54, 1.807) is 6.07 Å². The minimum atomic E-state index is -0.993. The number of ether oxygens (including phenoxy) is 2. The van der Waals surface area contributed by atoms with Crippen LogP contribution in [0, 0.1) is 6.92 Å². The number of benzene rings is 2. The summed E-state index contributed by atoms with van der Waals surface area (Å²) in [6.45, 7) is 3.39. The van der Waals surface area contributed by atoms with Crippen LogP contribution >= 0.6 is 23.2 Å². The van der Waals surface area contributed by atoms with Crippen molar-refractivity contribution in [2.24, 2.45) is 0 Å². The highest BCUT2D eigenvalue weighted by molar-refractivity contribution is 6.37. The molecule has 0 aromatic heterocycles. The fourth-order valence-corrected chi connectivity index (χ4v) is 2.76. The third kappa shape index (κ3) is 4.87. The van der Waals surface area contributed by atoms with Crippen molar-refractivity contribution in [3.8, 4) is 5.75 Å². The second-order valence-electron chi connectivity index (χ2n) is 5.38. The van der Waals surface area contributed by atoms with E-state index < -0.39 is 18.0 Å². The minimum Gasteiger partial charge on any atom is -0.494 e. The molecule has 0 fully saturated rings. The van der Waals surface area contributed by atoms with Crippen LogP contribution in [-0.4, -0.2) is 25.1 Å². The topological polar surface area (TPSA) is 64.6 Å². The molecule has 0 spiro atoms. The maximum Gasteiger partial charge on any atom is 0.339 e. The van der Waals surface area contributed by atoms with E-state index in [9.17, 15) is 9.59 Å². The maximum absolute atomic E-state index is 12.2. The number of halogens is 2. The molecule has 2 rings (SSSR count). The molecule has 25 heavy (non-hydrogen) atoms. The number of amides is 1. The van der Waals surface area contributed by atoms with Crippen LogP contribution in [0.15, 0.2) is 36.4 Å². The lowest BCUT2D eigenvalue weighted by Gasteiger charge is -2.14. The molecule has 0 saturated carbocycles. The fourth-order valence-electron chi connectivity index (χ4n) is 2.12. The van der Waals surface area contributed by atoms with Gasteiger partial charge in [-0.1, -0.05) is 35.3 Å². The summed E-state index contributed by atoms with van der Waals surface area (Å²) in [5.74, 6) is -0.881. The largest absolute Gasteiger partial charge is 0.494 e. The molecule has 132 valence electrons. The Morgan fingerprint density at radius 1 is 1.12 bits per heavy atom. The summed E-state index contributed by atoms with van der Waals surface area (Å²) >= 11 is 12.0. The van der Waals surface area contributed by atoms with E-state index >= 15 is 0 Å². The molecule has 0 heterocycles. The summed E-state index contributed by atoms with van der Waals surface area (Å²) < 4.78 is 10.2. The fraction of sp³-hybridized carbons (Fsp3) is 0.222. The Hall–Kier alpha value is -2.24. The molecule has 0 aliphatic rings. The molecular weight excluding hydrogens is 365 g/mol. The Morgan fingerprint density at radius 3 is 2.32 bits per heavy atom. The lowest BCUT2D eigenvalue weighted by atomic mass is 10.2. The van der Waals surface area contributed by atoms with Gasteiger partial charge in [-0.15, -0.1) is 0 Å². The third-order valence-corrected chi connectivity index (χ3v) is 3.94. The maximum atomic E-state index is 12.2. The van der Waals surface area contributed by atoms with Gasteiger partial charge in [-0.05, 0) is 43.7 Å². The Kier molecular flexibility index (Phi) is 6.28. The monoisotopic (exact) mass is 381 g/mol. The molecular formula is C18H17Cl2NO4. The number of hydrogen-bond donors (Lipinski definition) is 1. The van der Waals surface area contributed by atoms with Crippen LogP contribution in [0.25, 0.3) is 0 Å². The quantitative estimate of drug-likeness (QED) is 0.774. The zero-order valence-electron chi connectivity index (χ0n) is 13.9. The zero-order valence-corrected chi connectivity index (χ0v) is 15.4. The first-order chi connectivity index (χ1) is 11.8. The van der Waals surface area contributed by atoms with Gasteiger partial charge in [0.05, 0.1) is 22.7 Å². The highest BCUT2D eigenvalue weighted by Gasteiger charge is 2.21. The number of nitrogens with one attached hydrogen (secondary N) is 1. The van der Waals surface area contributed by atoms with Crippen molar-refractivity contribution in [2.45, 2.75) is 20.0 Å². The van der Waals surface area contributed by atoms with Crippen LogP contribution in [-0.2, 0) is 9.53 Å². The van der Waals surface area contributed by atoms with Gasteiger partial charge in [0.1, 0.15) is 0 Å². The third-order valence-electron chi connectivity index (χ3n) is 3.38. The summed E-state index contributed by atoms with van der Waals surface area (Å²) in [5.41, 5.74) is 1.76. The van der Waals surface area contributed by atoms with Crippen molar-refractivity contribution in [2.75, 3.05) is 12.4 Å². The van der Waals surface area contributed by atoms with Gasteiger partial charge < -0.3 is 14.8 Å². The van der Waals surface area contributed by atoms with Crippen molar-refractivity contribution >= 4 is 40.8 Å². The number of aryl methyl sites for hydroxylation is 1. The molecule has 0 unspecified atom stereocenters. The van der Waals surface area contributed by atoms with Crippen molar-refractivity contribution in [1.82, 2.24) is 0 Å².